The second-order valence-electron chi connectivity index (χ2n) is 5.98. The first-order valence-electron chi connectivity index (χ1n) is 8.06. The molecule has 0 radical (unpaired) electrons. The van der Waals surface area contributed by atoms with Crippen molar-refractivity contribution in [2.45, 2.75) is 13.0 Å². The number of hydrogen-bond donors (Lipinski definition) is 1. The molecule has 4 heteroatoms. The van der Waals surface area contributed by atoms with Crippen LogP contribution in [0.1, 0.15) is 12.0 Å². The molecule has 1 fully saturated rings. The zero-order valence-electron chi connectivity index (χ0n) is 13.2. The Bertz CT molecular complexity index is 377. The van der Waals surface area contributed by atoms with Gasteiger partial charge in [-0.05, 0) is 32.1 Å². The summed E-state index contributed by atoms with van der Waals surface area (Å²) in [6.45, 7) is 8.91. The lowest BCUT2D eigenvalue weighted by Gasteiger charge is -2.33. The van der Waals surface area contributed by atoms with Crippen molar-refractivity contribution in [2.24, 2.45) is 0 Å². The van der Waals surface area contributed by atoms with E-state index in [0.29, 0.717) is 0 Å². The third-order valence-electron chi connectivity index (χ3n) is 4.21. The van der Waals surface area contributed by atoms with Gasteiger partial charge in [0.25, 0.3) is 0 Å². The van der Waals surface area contributed by atoms with Crippen molar-refractivity contribution < 1.29 is 5.11 Å². The topological polar surface area (TPSA) is 30.0 Å². The molecule has 0 spiro atoms. The first kappa shape index (κ1) is 16.4. The van der Waals surface area contributed by atoms with Crippen LogP contribution in [0.25, 0.3) is 0 Å². The van der Waals surface area contributed by atoms with Crippen LogP contribution in [0.2, 0.25) is 0 Å². The molecule has 1 N–H and O–H groups in total. The molecular formula is C17H29N3O. The molecule has 0 amide bonds. The number of hydrogen-bond acceptors (Lipinski definition) is 4. The Morgan fingerprint density at radius 1 is 1.05 bits per heavy atom. The number of aliphatic hydroxyl groups excluding tert-OH is 1. The van der Waals surface area contributed by atoms with Gasteiger partial charge in [-0.15, -0.1) is 0 Å². The molecule has 0 atom stereocenters. The highest BCUT2D eigenvalue weighted by molar-refractivity contribution is 5.14. The van der Waals surface area contributed by atoms with Gasteiger partial charge in [0.05, 0.1) is 6.61 Å². The van der Waals surface area contributed by atoms with Gasteiger partial charge in [0.1, 0.15) is 0 Å². The average Bonchev–Trinajstić information content (AvgIpc) is 2.50. The van der Waals surface area contributed by atoms with Gasteiger partial charge in [0.15, 0.2) is 0 Å². The lowest BCUT2D eigenvalue weighted by molar-refractivity contribution is 0.139. The van der Waals surface area contributed by atoms with E-state index in [4.69, 9.17) is 0 Å². The molecule has 1 heterocycles. The first-order chi connectivity index (χ1) is 10.3. The van der Waals surface area contributed by atoms with Gasteiger partial charge in [-0.1, -0.05) is 30.3 Å². The molecule has 118 valence electrons. The van der Waals surface area contributed by atoms with E-state index in [1.807, 2.05) is 6.07 Å². The summed E-state index contributed by atoms with van der Waals surface area (Å²) in [5.74, 6) is 0. The molecule has 0 saturated carbocycles. The van der Waals surface area contributed by atoms with Crippen molar-refractivity contribution >= 4 is 0 Å². The number of aliphatic hydroxyl groups is 1. The van der Waals surface area contributed by atoms with E-state index >= 15 is 0 Å². The zero-order valence-corrected chi connectivity index (χ0v) is 13.2. The highest BCUT2D eigenvalue weighted by Gasteiger charge is 2.13. The van der Waals surface area contributed by atoms with Gasteiger partial charge in [0, 0.05) is 39.3 Å². The third-order valence-corrected chi connectivity index (χ3v) is 4.21. The molecule has 0 aromatic heterocycles. The average molecular weight is 291 g/mol. The van der Waals surface area contributed by atoms with E-state index in [9.17, 15) is 5.11 Å². The van der Waals surface area contributed by atoms with Gasteiger partial charge in [-0.2, -0.15) is 0 Å². The van der Waals surface area contributed by atoms with E-state index in [2.05, 4.69) is 46.0 Å². The summed E-state index contributed by atoms with van der Waals surface area (Å²) in [5.41, 5.74) is 1.32. The summed E-state index contributed by atoms with van der Waals surface area (Å²) >= 11 is 0. The van der Waals surface area contributed by atoms with Gasteiger partial charge in [-0.25, -0.2) is 0 Å². The van der Waals surface area contributed by atoms with Crippen LogP contribution in [0.4, 0.5) is 0 Å². The maximum atomic E-state index is 9.23. The van der Waals surface area contributed by atoms with E-state index < -0.39 is 0 Å². The fourth-order valence-corrected chi connectivity index (χ4v) is 2.84. The summed E-state index contributed by atoms with van der Waals surface area (Å²) in [4.78, 5) is 7.30. The summed E-state index contributed by atoms with van der Waals surface area (Å²) in [6, 6.07) is 10.5. The van der Waals surface area contributed by atoms with Gasteiger partial charge >= 0.3 is 0 Å². The van der Waals surface area contributed by atoms with Gasteiger partial charge in [0.2, 0.25) is 0 Å². The van der Waals surface area contributed by atoms with Crippen LogP contribution in [0.15, 0.2) is 30.3 Å². The number of likely N-dealkylation sites (N-methyl/N-ethyl adjacent to an activating group) is 1. The quantitative estimate of drug-likeness (QED) is 0.777. The molecule has 0 unspecified atom stereocenters. The van der Waals surface area contributed by atoms with E-state index in [1.54, 1.807) is 0 Å². The van der Waals surface area contributed by atoms with Crippen molar-refractivity contribution in [3.8, 4) is 0 Å². The minimum atomic E-state index is 0.237. The monoisotopic (exact) mass is 291 g/mol. The van der Waals surface area contributed by atoms with Gasteiger partial charge < -0.3 is 14.9 Å². The predicted octanol–water partition coefficient (Wildman–Crippen LogP) is 1.12. The SMILES string of the molecule is CN1CCN(CCCN(CCO)Cc2ccccc2)CC1. The summed E-state index contributed by atoms with van der Waals surface area (Å²) in [7, 11) is 2.19. The second kappa shape index (κ2) is 9.15. The van der Waals surface area contributed by atoms with Crippen molar-refractivity contribution in [1.82, 2.24) is 14.7 Å². The minimum Gasteiger partial charge on any atom is -0.395 e. The molecule has 1 aliphatic heterocycles. The first-order valence-corrected chi connectivity index (χ1v) is 8.06. The Hall–Kier alpha value is -0.940. The van der Waals surface area contributed by atoms with Crippen LogP contribution in [0.3, 0.4) is 0 Å². The van der Waals surface area contributed by atoms with Crippen molar-refractivity contribution in [1.29, 1.82) is 0 Å². The molecule has 1 aliphatic rings. The molecule has 2 rings (SSSR count). The number of rotatable bonds is 8. The van der Waals surface area contributed by atoms with Crippen LogP contribution in [0.5, 0.6) is 0 Å². The van der Waals surface area contributed by atoms with Crippen LogP contribution in [-0.4, -0.2) is 79.3 Å². The third kappa shape index (κ3) is 6.14. The molecule has 1 aromatic carbocycles. The Balaban J connectivity index is 1.70. The standard InChI is InChI=1S/C17H29N3O/c1-18-10-12-19(13-11-18)8-5-9-20(14-15-21)16-17-6-3-2-4-7-17/h2-4,6-7,21H,5,8-16H2,1H3. The van der Waals surface area contributed by atoms with E-state index in [1.165, 1.54) is 44.7 Å². The van der Waals surface area contributed by atoms with Crippen molar-refractivity contribution in [2.75, 3.05) is 59.5 Å². The fourth-order valence-electron chi connectivity index (χ4n) is 2.84. The molecule has 4 nitrogen and oxygen atoms in total. The summed E-state index contributed by atoms with van der Waals surface area (Å²) in [5, 5.41) is 9.23. The Morgan fingerprint density at radius 2 is 1.76 bits per heavy atom. The summed E-state index contributed by atoms with van der Waals surface area (Å²) < 4.78 is 0. The van der Waals surface area contributed by atoms with Crippen LogP contribution >= 0.6 is 0 Å². The van der Waals surface area contributed by atoms with Crippen LogP contribution in [0, 0.1) is 0 Å². The van der Waals surface area contributed by atoms with Crippen molar-refractivity contribution in [3.63, 3.8) is 0 Å². The lowest BCUT2D eigenvalue weighted by atomic mass is 10.2. The molecule has 21 heavy (non-hydrogen) atoms. The minimum absolute atomic E-state index is 0.237. The van der Waals surface area contributed by atoms with E-state index in [0.717, 1.165) is 19.6 Å². The lowest BCUT2D eigenvalue weighted by Crippen LogP contribution is -2.45. The van der Waals surface area contributed by atoms with Gasteiger partial charge in [-0.3, -0.25) is 4.90 Å². The maximum absolute atomic E-state index is 9.23. The number of nitrogens with zero attached hydrogens (tertiary/aromatic N) is 3. The fraction of sp³-hybridized carbons (Fsp3) is 0.647. The second-order valence-corrected chi connectivity index (χ2v) is 5.98. The normalized spacial score (nSPS) is 17.5. The Labute approximate surface area is 129 Å². The van der Waals surface area contributed by atoms with Crippen molar-refractivity contribution in [3.05, 3.63) is 35.9 Å². The van der Waals surface area contributed by atoms with E-state index in [-0.39, 0.29) is 6.61 Å². The van der Waals surface area contributed by atoms with Crippen LogP contribution < -0.4 is 0 Å². The Morgan fingerprint density at radius 3 is 2.43 bits per heavy atom. The molecule has 0 bridgehead atoms. The molecule has 0 aliphatic carbocycles. The largest absolute Gasteiger partial charge is 0.395 e. The summed E-state index contributed by atoms with van der Waals surface area (Å²) in [6.07, 6.45) is 1.18. The highest BCUT2D eigenvalue weighted by atomic mass is 16.3. The number of piperazine rings is 1. The molecule has 1 saturated heterocycles. The zero-order chi connectivity index (χ0) is 14.9. The molecular weight excluding hydrogens is 262 g/mol. The molecule has 1 aromatic rings. The predicted molar refractivity (Wildman–Crippen MR) is 87.4 cm³/mol. The highest BCUT2D eigenvalue weighted by Crippen LogP contribution is 2.06. The smallest absolute Gasteiger partial charge is 0.0558 e. The Kier molecular flexibility index (Phi) is 7.16. The number of benzene rings is 1. The van der Waals surface area contributed by atoms with Crippen LogP contribution in [-0.2, 0) is 6.54 Å². The maximum Gasteiger partial charge on any atom is 0.0558 e.